The average Bonchev–Trinajstić information content (AvgIpc) is 3.11. The normalized spacial score (nSPS) is 10.4. The second kappa shape index (κ2) is 7.09. The molecule has 6 nitrogen and oxygen atoms in total. The van der Waals surface area contributed by atoms with Gasteiger partial charge in [0.2, 0.25) is 5.75 Å². The van der Waals surface area contributed by atoms with Gasteiger partial charge in [-0.2, -0.15) is 0 Å². The number of carbonyl (C=O) groups excluding carboxylic acids is 1. The first-order valence-corrected chi connectivity index (χ1v) is 7.62. The molecule has 3 aromatic rings. The van der Waals surface area contributed by atoms with E-state index in [1.54, 1.807) is 38.2 Å². The number of imidazole rings is 1. The lowest BCUT2D eigenvalue weighted by atomic mass is 10.2. The van der Waals surface area contributed by atoms with Gasteiger partial charge in [-0.3, -0.25) is 9.36 Å². The zero-order valence-electron chi connectivity index (χ0n) is 14.2. The van der Waals surface area contributed by atoms with Crippen LogP contribution in [0.25, 0.3) is 17.1 Å². The van der Waals surface area contributed by atoms with Crippen LogP contribution in [0.15, 0.2) is 48.7 Å². The second-order valence-corrected chi connectivity index (χ2v) is 5.20. The number of aromatic nitrogens is 2. The molecule has 0 radical (unpaired) electrons. The summed E-state index contributed by atoms with van der Waals surface area (Å²) in [5, 5.41) is 0. The monoisotopic (exact) mass is 338 g/mol. The van der Waals surface area contributed by atoms with Crippen molar-refractivity contribution in [3.63, 3.8) is 0 Å². The fourth-order valence-electron chi connectivity index (χ4n) is 2.70. The molecule has 0 aliphatic rings. The van der Waals surface area contributed by atoms with E-state index in [9.17, 15) is 4.79 Å². The quantitative estimate of drug-likeness (QED) is 0.645. The number of benzene rings is 2. The molecule has 0 unspecified atom stereocenters. The molecule has 2 aromatic carbocycles. The van der Waals surface area contributed by atoms with Crippen LogP contribution >= 0.6 is 0 Å². The van der Waals surface area contributed by atoms with Crippen LogP contribution in [0.3, 0.4) is 0 Å². The molecule has 0 aliphatic carbocycles. The van der Waals surface area contributed by atoms with Crippen LogP contribution in [0.5, 0.6) is 17.2 Å². The molecule has 0 N–H and O–H groups in total. The fraction of sp³-hybridized carbons (Fsp3) is 0.158. The van der Waals surface area contributed by atoms with Crippen LogP contribution in [0.2, 0.25) is 0 Å². The molecule has 6 heteroatoms. The number of ether oxygens (including phenoxy) is 3. The maximum absolute atomic E-state index is 11.3. The zero-order chi connectivity index (χ0) is 17.8. The summed E-state index contributed by atoms with van der Waals surface area (Å²) in [7, 11) is 4.67. The molecule has 0 spiro atoms. The fourth-order valence-corrected chi connectivity index (χ4v) is 2.70. The zero-order valence-corrected chi connectivity index (χ0v) is 14.2. The van der Waals surface area contributed by atoms with Gasteiger partial charge in [0.15, 0.2) is 17.8 Å². The van der Waals surface area contributed by atoms with Crippen LogP contribution in [0, 0.1) is 0 Å². The second-order valence-electron chi connectivity index (χ2n) is 5.20. The number of hydrogen-bond donors (Lipinski definition) is 0. The molecule has 0 amide bonds. The van der Waals surface area contributed by atoms with Crippen molar-refractivity contribution in [2.75, 3.05) is 21.3 Å². The summed E-state index contributed by atoms with van der Waals surface area (Å²) in [4.78, 5) is 15.7. The summed E-state index contributed by atoms with van der Waals surface area (Å²) in [5.74, 6) is 2.16. The van der Waals surface area contributed by atoms with Crippen LogP contribution < -0.4 is 14.2 Å². The predicted octanol–water partition coefficient (Wildman–Crippen LogP) is 3.38. The topological polar surface area (TPSA) is 62.6 Å². The SMILES string of the molecule is COc1ccc(-n2cc(C=O)nc2-c2ccccc2)c(OC)c1OC. The Hall–Kier alpha value is -3.28. The number of methoxy groups -OCH3 is 3. The lowest BCUT2D eigenvalue weighted by molar-refractivity contribution is 0.111. The highest BCUT2D eigenvalue weighted by atomic mass is 16.5. The molecule has 1 aromatic heterocycles. The molecule has 3 rings (SSSR count). The maximum Gasteiger partial charge on any atom is 0.205 e. The summed E-state index contributed by atoms with van der Waals surface area (Å²) in [5.41, 5.74) is 1.91. The molecule has 128 valence electrons. The molecular formula is C19H18N2O4. The Morgan fingerprint density at radius 2 is 1.64 bits per heavy atom. The molecule has 0 atom stereocenters. The molecule has 1 heterocycles. The van der Waals surface area contributed by atoms with Crippen LogP contribution in [0.1, 0.15) is 10.5 Å². The first kappa shape index (κ1) is 16.6. The van der Waals surface area contributed by atoms with Crippen LogP contribution in [-0.4, -0.2) is 37.2 Å². The molecule has 0 saturated heterocycles. The number of nitrogens with zero attached hydrogens (tertiary/aromatic N) is 2. The molecule has 0 saturated carbocycles. The van der Waals surface area contributed by atoms with Crippen molar-refractivity contribution >= 4 is 6.29 Å². The van der Waals surface area contributed by atoms with Gasteiger partial charge in [-0.1, -0.05) is 30.3 Å². The van der Waals surface area contributed by atoms with Gasteiger partial charge in [-0.05, 0) is 12.1 Å². The largest absolute Gasteiger partial charge is 0.493 e. The lowest BCUT2D eigenvalue weighted by Gasteiger charge is -2.17. The Labute approximate surface area is 145 Å². The maximum atomic E-state index is 11.3. The lowest BCUT2D eigenvalue weighted by Crippen LogP contribution is -2.02. The van der Waals surface area contributed by atoms with Gasteiger partial charge in [0, 0.05) is 11.8 Å². The van der Waals surface area contributed by atoms with E-state index >= 15 is 0 Å². The van der Waals surface area contributed by atoms with Gasteiger partial charge in [0.05, 0.1) is 27.0 Å². The van der Waals surface area contributed by atoms with E-state index < -0.39 is 0 Å². The smallest absolute Gasteiger partial charge is 0.205 e. The Kier molecular flexibility index (Phi) is 4.70. The minimum Gasteiger partial charge on any atom is -0.493 e. The van der Waals surface area contributed by atoms with Gasteiger partial charge in [-0.15, -0.1) is 0 Å². The molecule has 0 aliphatic heterocycles. The van der Waals surface area contributed by atoms with E-state index in [1.807, 2.05) is 36.4 Å². The highest BCUT2D eigenvalue weighted by molar-refractivity contribution is 5.75. The van der Waals surface area contributed by atoms with Crippen molar-refractivity contribution in [2.45, 2.75) is 0 Å². The van der Waals surface area contributed by atoms with Crippen molar-refractivity contribution in [3.05, 3.63) is 54.4 Å². The van der Waals surface area contributed by atoms with Crippen molar-refractivity contribution in [3.8, 4) is 34.3 Å². The molecular weight excluding hydrogens is 320 g/mol. The average molecular weight is 338 g/mol. The summed E-state index contributed by atoms with van der Waals surface area (Å²) in [6, 6.07) is 13.2. The summed E-state index contributed by atoms with van der Waals surface area (Å²) in [6.45, 7) is 0. The van der Waals surface area contributed by atoms with Crippen molar-refractivity contribution in [1.29, 1.82) is 0 Å². The molecule has 0 fully saturated rings. The van der Waals surface area contributed by atoms with Gasteiger partial charge < -0.3 is 14.2 Å². The van der Waals surface area contributed by atoms with E-state index in [0.29, 0.717) is 34.5 Å². The summed E-state index contributed by atoms with van der Waals surface area (Å²) < 4.78 is 18.1. The standard InChI is InChI=1S/C19H18N2O4/c1-23-16-10-9-15(17(24-2)18(16)25-3)21-11-14(12-22)20-19(21)13-7-5-4-6-8-13/h4-12H,1-3H3. The molecule has 0 bridgehead atoms. The van der Waals surface area contributed by atoms with E-state index in [2.05, 4.69) is 4.98 Å². The van der Waals surface area contributed by atoms with Crippen molar-refractivity contribution in [2.24, 2.45) is 0 Å². The minimum atomic E-state index is 0.329. The van der Waals surface area contributed by atoms with Crippen molar-refractivity contribution < 1.29 is 19.0 Å². The molecule has 25 heavy (non-hydrogen) atoms. The third-order valence-electron chi connectivity index (χ3n) is 3.82. The first-order valence-electron chi connectivity index (χ1n) is 7.62. The first-order chi connectivity index (χ1) is 12.2. The van der Waals surface area contributed by atoms with Gasteiger partial charge >= 0.3 is 0 Å². The van der Waals surface area contributed by atoms with E-state index in [4.69, 9.17) is 14.2 Å². The van der Waals surface area contributed by atoms with Crippen molar-refractivity contribution in [1.82, 2.24) is 9.55 Å². The number of aldehydes is 1. The third-order valence-corrected chi connectivity index (χ3v) is 3.82. The highest BCUT2D eigenvalue weighted by Crippen LogP contribution is 2.42. The predicted molar refractivity (Wildman–Crippen MR) is 94.0 cm³/mol. The minimum absolute atomic E-state index is 0.329. The van der Waals surface area contributed by atoms with E-state index in [0.717, 1.165) is 11.8 Å². The highest BCUT2D eigenvalue weighted by Gasteiger charge is 2.20. The Morgan fingerprint density at radius 3 is 2.24 bits per heavy atom. The van der Waals surface area contributed by atoms with Crippen LogP contribution in [0.4, 0.5) is 0 Å². The summed E-state index contributed by atoms with van der Waals surface area (Å²) >= 11 is 0. The Morgan fingerprint density at radius 1 is 0.920 bits per heavy atom. The van der Waals surface area contributed by atoms with Gasteiger partial charge in [0.1, 0.15) is 11.5 Å². The number of rotatable bonds is 6. The number of hydrogen-bond acceptors (Lipinski definition) is 5. The van der Waals surface area contributed by atoms with Gasteiger partial charge in [0.25, 0.3) is 0 Å². The van der Waals surface area contributed by atoms with E-state index in [1.165, 1.54) is 0 Å². The third kappa shape index (κ3) is 2.94. The number of carbonyl (C=O) groups is 1. The Balaban J connectivity index is 2.27. The summed E-state index contributed by atoms with van der Waals surface area (Å²) in [6.07, 6.45) is 2.38. The van der Waals surface area contributed by atoms with Crippen LogP contribution in [-0.2, 0) is 0 Å². The van der Waals surface area contributed by atoms with E-state index in [-0.39, 0.29) is 0 Å². The Bertz CT molecular complexity index is 888. The van der Waals surface area contributed by atoms with Gasteiger partial charge in [-0.25, -0.2) is 4.98 Å².